The van der Waals surface area contributed by atoms with Crippen molar-refractivity contribution < 1.29 is 27.3 Å². The van der Waals surface area contributed by atoms with E-state index in [1.165, 1.54) is 25.5 Å². The number of benzene rings is 1. The average Bonchev–Trinajstić information content (AvgIpc) is 3.59. The molecule has 210 valence electrons. The molecule has 0 atom stereocenters. The van der Waals surface area contributed by atoms with Crippen LogP contribution in [0.2, 0.25) is 0 Å². The molecule has 1 saturated heterocycles. The van der Waals surface area contributed by atoms with Crippen molar-refractivity contribution in [3.8, 4) is 0 Å². The highest BCUT2D eigenvalue weighted by Gasteiger charge is 2.31. The summed E-state index contributed by atoms with van der Waals surface area (Å²) >= 11 is 0. The number of nitrogens with one attached hydrogen (secondary N) is 3. The molecular weight excluding hydrogens is 536 g/mol. The van der Waals surface area contributed by atoms with Crippen LogP contribution in [0.5, 0.6) is 0 Å². The molecule has 40 heavy (non-hydrogen) atoms. The van der Waals surface area contributed by atoms with Gasteiger partial charge in [-0.2, -0.15) is 0 Å². The van der Waals surface area contributed by atoms with Gasteiger partial charge in [0.2, 0.25) is 21.7 Å². The fraction of sp³-hybridized carbons (Fsp3) is 0.333. The maximum atomic E-state index is 13.9. The molecule has 4 heterocycles. The number of piperidine rings is 1. The number of aromatic nitrogens is 3. The van der Waals surface area contributed by atoms with Gasteiger partial charge < -0.3 is 29.8 Å². The predicted molar refractivity (Wildman–Crippen MR) is 147 cm³/mol. The zero-order chi connectivity index (χ0) is 28.3. The number of sulfone groups is 1. The molecule has 0 spiro atoms. The molecular formula is C27H30N6O6S. The lowest BCUT2D eigenvalue weighted by Crippen LogP contribution is -2.43. The summed E-state index contributed by atoms with van der Waals surface area (Å²) in [5.74, 6) is -0.526. The van der Waals surface area contributed by atoms with Crippen LogP contribution >= 0.6 is 0 Å². The van der Waals surface area contributed by atoms with E-state index in [9.17, 15) is 18.0 Å². The molecule has 0 unspecified atom stereocenters. The summed E-state index contributed by atoms with van der Waals surface area (Å²) in [5.41, 5.74) is 2.02. The van der Waals surface area contributed by atoms with E-state index in [2.05, 4.69) is 25.8 Å². The summed E-state index contributed by atoms with van der Waals surface area (Å²) in [7, 11) is -2.64. The fourth-order valence-corrected chi connectivity index (χ4v) is 6.13. The molecule has 12 nitrogen and oxygen atoms in total. The number of nitrogens with zero attached hydrogens (tertiary/aromatic N) is 3. The van der Waals surface area contributed by atoms with Gasteiger partial charge in [-0.25, -0.2) is 13.4 Å². The topological polar surface area (TPSA) is 160 Å². The first-order valence-corrected chi connectivity index (χ1v) is 14.3. The van der Waals surface area contributed by atoms with Crippen LogP contribution in [-0.2, 0) is 30.6 Å². The van der Waals surface area contributed by atoms with E-state index in [0.29, 0.717) is 53.9 Å². The molecule has 0 bridgehead atoms. The lowest BCUT2D eigenvalue weighted by atomic mass is 10.0. The standard InChI is InChI=1S/C27H30N6O6S/c1-17-18(15-39-32-17)14-22(34)30-25-24(29-19-9-12-33(13-10-19)23(35)16-38-2)21-8-11-28-26(21)31-27(25)40(36,37)20-6-4-3-5-7-20/h3-8,11,15,19H,9-10,12-14,16H2,1-2H3,(H,30,34)(H2,28,29,31). The Morgan fingerprint density at radius 2 is 1.90 bits per heavy atom. The Kier molecular flexibility index (Phi) is 7.85. The minimum atomic E-state index is -4.13. The second-order valence-corrected chi connectivity index (χ2v) is 11.5. The van der Waals surface area contributed by atoms with Crippen molar-refractivity contribution in [3.05, 3.63) is 60.1 Å². The molecule has 0 saturated carbocycles. The molecule has 3 N–H and O–H groups in total. The summed E-state index contributed by atoms with van der Waals surface area (Å²) in [6.45, 7) is 2.78. The second kappa shape index (κ2) is 11.5. The number of aryl methyl sites for hydroxylation is 1. The molecule has 5 rings (SSSR count). The predicted octanol–water partition coefficient (Wildman–Crippen LogP) is 2.92. The van der Waals surface area contributed by atoms with Crippen molar-refractivity contribution in [1.29, 1.82) is 0 Å². The molecule has 3 aromatic heterocycles. The molecule has 1 aromatic carbocycles. The number of anilines is 2. The number of methoxy groups -OCH3 is 1. The highest BCUT2D eigenvalue weighted by Crippen LogP contribution is 2.38. The number of pyridine rings is 1. The van der Waals surface area contributed by atoms with Gasteiger partial charge in [-0.3, -0.25) is 9.59 Å². The van der Waals surface area contributed by atoms with Gasteiger partial charge >= 0.3 is 0 Å². The molecule has 1 fully saturated rings. The summed E-state index contributed by atoms with van der Waals surface area (Å²) < 4.78 is 37.6. The number of rotatable bonds is 9. The fourth-order valence-electron chi connectivity index (χ4n) is 4.76. The third kappa shape index (κ3) is 5.56. The highest BCUT2D eigenvalue weighted by molar-refractivity contribution is 7.91. The Bertz CT molecular complexity index is 1620. The van der Waals surface area contributed by atoms with Crippen molar-refractivity contribution in [2.45, 2.75) is 42.1 Å². The van der Waals surface area contributed by atoms with Crippen LogP contribution in [-0.4, -0.2) is 73.1 Å². The maximum absolute atomic E-state index is 13.9. The Morgan fingerprint density at radius 3 is 2.58 bits per heavy atom. The lowest BCUT2D eigenvalue weighted by Gasteiger charge is -2.33. The van der Waals surface area contributed by atoms with Crippen molar-refractivity contribution in [2.75, 3.05) is 37.4 Å². The van der Waals surface area contributed by atoms with Crippen LogP contribution in [0, 0.1) is 6.92 Å². The van der Waals surface area contributed by atoms with Crippen molar-refractivity contribution in [3.63, 3.8) is 0 Å². The second-order valence-electron chi connectivity index (χ2n) is 9.61. The highest BCUT2D eigenvalue weighted by atomic mass is 32.2. The van der Waals surface area contributed by atoms with E-state index in [-0.39, 0.29) is 40.6 Å². The average molecular weight is 567 g/mol. The minimum Gasteiger partial charge on any atom is -0.380 e. The van der Waals surface area contributed by atoms with E-state index < -0.39 is 15.7 Å². The Labute approximate surface area is 231 Å². The Hall–Kier alpha value is -4.23. The van der Waals surface area contributed by atoms with Crippen LogP contribution in [0.1, 0.15) is 24.1 Å². The van der Waals surface area contributed by atoms with E-state index in [1.807, 2.05) is 0 Å². The summed E-state index contributed by atoms with van der Waals surface area (Å²) in [6, 6.07) is 9.65. The van der Waals surface area contributed by atoms with Gasteiger partial charge in [0.05, 0.1) is 22.7 Å². The number of likely N-dealkylation sites (tertiary alicyclic amines) is 1. The summed E-state index contributed by atoms with van der Waals surface area (Å²) in [6.07, 6.45) is 4.24. The van der Waals surface area contributed by atoms with E-state index in [0.717, 1.165) is 0 Å². The molecule has 0 radical (unpaired) electrons. The molecule has 13 heteroatoms. The number of hydrogen-bond donors (Lipinski definition) is 3. The van der Waals surface area contributed by atoms with E-state index in [4.69, 9.17) is 9.26 Å². The number of amides is 2. The minimum absolute atomic E-state index is 0.0228. The number of aromatic amines is 1. The van der Waals surface area contributed by atoms with Crippen LogP contribution < -0.4 is 10.6 Å². The largest absolute Gasteiger partial charge is 0.380 e. The summed E-state index contributed by atoms with van der Waals surface area (Å²) in [4.78, 5) is 34.8. The first kappa shape index (κ1) is 27.3. The normalized spacial score (nSPS) is 14.4. The van der Waals surface area contributed by atoms with Gasteiger partial charge in [0.25, 0.3) is 0 Å². The quantitative estimate of drug-likeness (QED) is 0.277. The van der Waals surface area contributed by atoms with Gasteiger partial charge in [-0.1, -0.05) is 23.4 Å². The third-order valence-electron chi connectivity index (χ3n) is 6.91. The van der Waals surface area contributed by atoms with Gasteiger partial charge in [-0.15, -0.1) is 0 Å². The first-order chi connectivity index (χ1) is 19.3. The Morgan fingerprint density at radius 1 is 1.15 bits per heavy atom. The zero-order valence-corrected chi connectivity index (χ0v) is 23.0. The van der Waals surface area contributed by atoms with E-state index in [1.54, 1.807) is 42.3 Å². The Balaban J connectivity index is 1.54. The smallest absolute Gasteiger partial charge is 0.248 e. The number of hydrogen-bond acceptors (Lipinski definition) is 9. The van der Waals surface area contributed by atoms with Crippen molar-refractivity contribution in [1.82, 2.24) is 20.0 Å². The van der Waals surface area contributed by atoms with Crippen LogP contribution in [0.15, 0.2) is 63.3 Å². The third-order valence-corrected chi connectivity index (χ3v) is 8.61. The summed E-state index contributed by atoms with van der Waals surface area (Å²) in [5, 5.41) is 10.5. The van der Waals surface area contributed by atoms with Gasteiger partial charge in [0.15, 0.2) is 5.03 Å². The van der Waals surface area contributed by atoms with Gasteiger partial charge in [0.1, 0.15) is 24.2 Å². The number of H-pyrrole nitrogens is 1. The van der Waals surface area contributed by atoms with E-state index >= 15 is 0 Å². The van der Waals surface area contributed by atoms with Crippen molar-refractivity contribution >= 4 is 44.1 Å². The number of ether oxygens (including phenoxy) is 1. The van der Waals surface area contributed by atoms with Crippen LogP contribution in [0.3, 0.4) is 0 Å². The van der Waals surface area contributed by atoms with Gasteiger partial charge in [0, 0.05) is 43.4 Å². The molecule has 4 aromatic rings. The molecule has 1 aliphatic rings. The van der Waals surface area contributed by atoms with Crippen molar-refractivity contribution in [2.24, 2.45) is 0 Å². The number of carbonyl (C=O) groups excluding carboxylic acids is 2. The first-order valence-electron chi connectivity index (χ1n) is 12.8. The maximum Gasteiger partial charge on any atom is 0.248 e. The molecule has 0 aliphatic carbocycles. The van der Waals surface area contributed by atoms with Crippen LogP contribution in [0.25, 0.3) is 11.0 Å². The monoisotopic (exact) mass is 566 g/mol. The zero-order valence-electron chi connectivity index (χ0n) is 22.1. The van der Waals surface area contributed by atoms with Gasteiger partial charge in [-0.05, 0) is 38.0 Å². The lowest BCUT2D eigenvalue weighted by molar-refractivity contribution is -0.136. The molecule has 2 amide bonds. The molecule has 1 aliphatic heterocycles. The number of carbonyl (C=O) groups is 2. The van der Waals surface area contributed by atoms with Crippen LogP contribution in [0.4, 0.5) is 11.4 Å². The SMILES string of the molecule is COCC(=O)N1CCC(Nc2c(NC(=O)Cc3conc3C)c(S(=O)(=O)c3ccccc3)nc3[nH]ccc23)CC1. The number of fused-ring (bicyclic) bond motifs is 1.